The van der Waals surface area contributed by atoms with Crippen molar-refractivity contribution in [2.75, 3.05) is 36.8 Å². The number of hydrogen-bond acceptors (Lipinski definition) is 4. The molecule has 1 aliphatic rings. The Bertz CT molecular complexity index is 515. The van der Waals surface area contributed by atoms with E-state index < -0.39 is 5.60 Å². The van der Waals surface area contributed by atoms with Gasteiger partial charge in [0.1, 0.15) is 5.60 Å². The van der Waals surface area contributed by atoms with Gasteiger partial charge in [-0.2, -0.15) is 0 Å². The molecule has 1 aromatic carbocycles. The molecule has 5 heteroatoms. The Kier molecular flexibility index (Phi) is 4.30. The molecule has 1 fully saturated rings. The number of benzene rings is 1. The minimum absolute atomic E-state index is 0.237. The molecule has 0 spiro atoms. The summed E-state index contributed by atoms with van der Waals surface area (Å²) in [4.78, 5) is 16.0. The van der Waals surface area contributed by atoms with Gasteiger partial charge in [-0.05, 0) is 45.4 Å². The smallest absolute Gasteiger partial charge is 0.410 e. The van der Waals surface area contributed by atoms with Crippen LogP contribution in [0.5, 0.6) is 0 Å². The second kappa shape index (κ2) is 5.84. The molecule has 5 nitrogen and oxygen atoms in total. The summed E-state index contributed by atoms with van der Waals surface area (Å²) in [6.45, 7) is 10.5. The molecule has 0 atom stereocenters. The van der Waals surface area contributed by atoms with Gasteiger partial charge in [0.05, 0.1) is 11.4 Å². The first-order valence-corrected chi connectivity index (χ1v) is 7.35. The van der Waals surface area contributed by atoms with E-state index in [0.29, 0.717) is 13.1 Å². The Balaban J connectivity index is 1.95. The highest BCUT2D eigenvalue weighted by atomic mass is 16.6. The Morgan fingerprint density at radius 1 is 1.19 bits per heavy atom. The van der Waals surface area contributed by atoms with Crippen LogP contribution in [0.4, 0.5) is 16.2 Å². The number of amides is 1. The third-order valence-electron chi connectivity index (χ3n) is 3.46. The Hall–Kier alpha value is -1.91. The maximum absolute atomic E-state index is 12.0. The number of anilines is 2. The van der Waals surface area contributed by atoms with E-state index in [4.69, 9.17) is 10.5 Å². The maximum atomic E-state index is 12.0. The fraction of sp³-hybridized carbons (Fsp3) is 0.562. The van der Waals surface area contributed by atoms with Crippen molar-refractivity contribution in [2.45, 2.75) is 33.3 Å². The van der Waals surface area contributed by atoms with Crippen molar-refractivity contribution in [1.29, 1.82) is 0 Å². The molecule has 116 valence electrons. The lowest BCUT2D eigenvalue weighted by Crippen LogP contribution is -2.50. The van der Waals surface area contributed by atoms with Crippen molar-refractivity contribution in [3.63, 3.8) is 0 Å². The first kappa shape index (κ1) is 15.5. The maximum Gasteiger partial charge on any atom is 0.410 e. The summed E-state index contributed by atoms with van der Waals surface area (Å²) >= 11 is 0. The SMILES string of the molecule is Cc1ccc(N2CCN(C(=O)OC(C)(C)C)CC2)c(N)c1. The number of carbonyl (C=O) groups is 1. The highest BCUT2D eigenvalue weighted by Gasteiger charge is 2.26. The number of hydrogen-bond donors (Lipinski definition) is 1. The Morgan fingerprint density at radius 3 is 2.33 bits per heavy atom. The van der Waals surface area contributed by atoms with Gasteiger partial charge in [0.2, 0.25) is 0 Å². The van der Waals surface area contributed by atoms with E-state index >= 15 is 0 Å². The quantitative estimate of drug-likeness (QED) is 0.808. The number of rotatable bonds is 1. The lowest BCUT2D eigenvalue weighted by Gasteiger charge is -2.37. The van der Waals surface area contributed by atoms with E-state index in [-0.39, 0.29) is 6.09 Å². The number of ether oxygens (including phenoxy) is 1. The van der Waals surface area contributed by atoms with Crippen LogP contribution in [0.1, 0.15) is 26.3 Å². The molecule has 21 heavy (non-hydrogen) atoms. The minimum atomic E-state index is -0.449. The van der Waals surface area contributed by atoms with Crippen molar-refractivity contribution >= 4 is 17.5 Å². The van der Waals surface area contributed by atoms with Crippen molar-refractivity contribution in [2.24, 2.45) is 0 Å². The van der Waals surface area contributed by atoms with Crippen molar-refractivity contribution in [3.05, 3.63) is 23.8 Å². The molecule has 2 rings (SSSR count). The molecular weight excluding hydrogens is 266 g/mol. The van der Waals surface area contributed by atoms with E-state index in [0.717, 1.165) is 30.0 Å². The lowest BCUT2D eigenvalue weighted by atomic mass is 10.1. The van der Waals surface area contributed by atoms with Crippen LogP contribution in [0.25, 0.3) is 0 Å². The molecule has 0 aromatic heterocycles. The van der Waals surface area contributed by atoms with Crippen molar-refractivity contribution < 1.29 is 9.53 Å². The van der Waals surface area contributed by atoms with Gasteiger partial charge in [-0.25, -0.2) is 4.79 Å². The molecule has 1 amide bonds. The summed E-state index contributed by atoms with van der Waals surface area (Å²) in [7, 11) is 0. The summed E-state index contributed by atoms with van der Waals surface area (Å²) < 4.78 is 5.40. The molecular formula is C16H25N3O2. The lowest BCUT2D eigenvalue weighted by molar-refractivity contribution is 0.0240. The van der Waals surface area contributed by atoms with Gasteiger partial charge in [-0.1, -0.05) is 6.07 Å². The largest absolute Gasteiger partial charge is 0.444 e. The minimum Gasteiger partial charge on any atom is -0.444 e. The van der Waals surface area contributed by atoms with Crippen molar-refractivity contribution in [1.82, 2.24) is 4.90 Å². The zero-order valence-corrected chi connectivity index (χ0v) is 13.3. The molecule has 0 bridgehead atoms. The van der Waals surface area contributed by atoms with Gasteiger partial charge < -0.3 is 20.3 Å². The third kappa shape index (κ3) is 4.03. The molecule has 2 N–H and O–H groups in total. The zero-order chi connectivity index (χ0) is 15.6. The van der Waals surface area contributed by atoms with Gasteiger partial charge in [0.25, 0.3) is 0 Å². The standard InChI is InChI=1S/C16H25N3O2/c1-12-5-6-14(13(17)11-12)18-7-9-19(10-8-18)15(20)21-16(2,3)4/h5-6,11H,7-10,17H2,1-4H3. The summed E-state index contributed by atoms with van der Waals surface area (Å²) in [5, 5.41) is 0. The average molecular weight is 291 g/mol. The van der Waals surface area contributed by atoms with Crippen LogP contribution in [0.3, 0.4) is 0 Å². The number of nitrogens with two attached hydrogens (primary N) is 1. The second-order valence-corrected chi connectivity index (χ2v) is 6.52. The van der Waals surface area contributed by atoms with Crippen LogP contribution in [0.2, 0.25) is 0 Å². The number of nitrogen functional groups attached to an aromatic ring is 1. The van der Waals surface area contributed by atoms with Gasteiger partial charge in [0, 0.05) is 26.2 Å². The Labute approximate surface area is 126 Å². The van der Waals surface area contributed by atoms with Gasteiger partial charge in [-0.15, -0.1) is 0 Å². The van der Waals surface area contributed by atoms with Crippen LogP contribution in [-0.4, -0.2) is 42.8 Å². The highest BCUT2D eigenvalue weighted by molar-refractivity contribution is 5.71. The molecule has 1 saturated heterocycles. The van der Waals surface area contributed by atoms with E-state index in [2.05, 4.69) is 11.0 Å². The van der Waals surface area contributed by atoms with E-state index in [9.17, 15) is 4.79 Å². The van der Waals surface area contributed by atoms with Gasteiger partial charge >= 0.3 is 6.09 Å². The highest BCUT2D eigenvalue weighted by Crippen LogP contribution is 2.25. The third-order valence-corrected chi connectivity index (χ3v) is 3.46. The summed E-state index contributed by atoms with van der Waals surface area (Å²) in [6, 6.07) is 6.09. The molecule has 0 radical (unpaired) electrons. The van der Waals surface area contributed by atoms with Gasteiger partial charge in [0.15, 0.2) is 0 Å². The predicted octanol–water partition coefficient (Wildman–Crippen LogP) is 2.63. The van der Waals surface area contributed by atoms with Crippen LogP contribution >= 0.6 is 0 Å². The monoisotopic (exact) mass is 291 g/mol. The van der Waals surface area contributed by atoms with E-state index in [1.165, 1.54) is 0 Å². The molecule has 0 unspecified atom stereocenters. The number of nitrogens with zero attached hydrogens (tertiary/aromatic N) is 2. The predicted molar refractivity (Wildman–Crippen MR) is 85.6 cm³/mol. The van der Waals surface area contributed by atoms with Crippen LogP contribution in [0.15, 0.2) is 18.2 Å². The summed E-state index contributed by atoms with van der Waals surface area (Å²) in [6.07, 6.45) is -0.237. The molecule has 0 saturated carbocycles. The van der Waals surface area contributed by atoms with E-state index in [1.54, 1.807) is 4.90 Å². The molecule has 0 aliphatic carbocycles. The fourth-order valence-electron chi connectivity index (χ4n) is 2.42. The zero-order valence-electron chi connectivity index (χ0n) is 13.3. The first-order chi connectivity index (χ1) is 9.76. The topological polar surface area (TPSA) is 58.8 Å². The molecule has 1 heterocycles. The van der Waals surface area contributed by atoms with Gasteiger partial charge in [-0.3, -0.25) is 0 Å². The van der Waals surface area contributed by atoms with E-state index in [1.807, 2.05) is 39.8 Å². The fourth-order valence-corrected chi connectivity index (χ4v) is 2.42. The summed E-state index contributed by atoms with van der Waals surface area (Å²) in [5.74, 6) is 0. The second-order valence-electron chi connectivity index (χ2n) is 6.52. The first-order valence-electron chi connectivity index (χ1n) is 7.35. The average Bonchev–Trinajstić information content (AvgIpc) is 2.37. The Morgan fingerprint density at radius 2 is 1.81 bits per heavy atom. The van der Waals surface area contributed by atoms with Crippen molar-refractivity contribution in [3.8, 4) is 0 Å². The van der Waals surface area contributed by atoms with Crippen LogP contribution in [-0.2, 0) is 4.74 Å². The normalized spacial score (nSPS) is 16.0. The number of aryl methyl sites for hydroxylation is 1. The molecule has 1 aromatic rings. The van der Waals surface area contributed by atoms with Crippen LogP contribution in [0, 0.1) is 6.92 Å². The molecule has 1 aliphatic heterocycles. The van der Waals surface area contributed by atoms with Crippen LogP contribution < -0.4 is 10.6 Å². The number of carbonyl (C=O) groups excluding carboxylic acids is 1. The number of piperazine rings is 1. The summed E-state index contributed by atoms with van der Waals surface area (Å²) in [5.41, 5.74) is 8.63.